The first-order valence-electron chi connectivity index (χ1n) is 6.70. The van der Waals surface area contributed by atoms with Crippen LogP contribution in [0, 0.1) is 6.08 Å². The second-order valence-electron chi connectivity index (χ2n) is 4.73. The summed E-state index contributed by atoms with van der Waals surface area (Å²) in [6.07, 6.45) is 2.68. The summed E-state index contributed by atoms with van der Waals surface area (Å²) in [7, 11) is 0. The van der Waals surface area contributed by atoms with E-state index >= 15 is 0 Å². The zero-order valence-corrected chi connectivity index (χ0v) is 19.3. The van der Waals surface area contributed by atoms with E-state index in [4.69, 9.17) is 16.3 Å². The number of carbonyl (C=O) groups excluding carboxylic acids is 1. The van der Waals surface area contributed by atoms with E-state index in [2.05, 4.69) is 6.08 Å². The molecule has 0 aliphatic carbocycles. The molecular weight excluding hydrogens is 547 g/mol. The molecule has 1 amide bonds. The van der Waals surface area contributed by atoms with Crippen molar-refractivity contribution < 1.29 is 51.0 Å². The predicted molar refractivity (Wildman–Crippen MR) is 97.3 cm³/mol. The molecule has 1 heterocycles. The molecule has 1 aromatic rings. The van der Waals surface area contributed by atoms with Crippen LogP contribution in [0.2, 0.25) is 5.02 Å². The van der Waals surface area contributed by atoms with Gasteiger partial charge in [-0.15, -0.1) is 40.7 Å². The Morgan fingerprint density at radius 2 is 2.25 bits per heavy atom. The summed E-state index contributed by atoms with van der Waals surface area (Å²) in [5.74, 6) is 0.721. The zero-order chi connectivity index (χ0) is 17.0. The molecule has 1 aromatic carbocycles. The molecule has 129 valence electrons. The molecule has 0 saturated carbocycles. The van der Waals surface area contributed by atoms with Crippen LogP contribution >= 0.6 is 46.0 Å². The Morgan fingerprint density at radius 1 is 1.54 bits per heavy atom. The van der Waals surface area contributed by atoms with E-state index in [9.17, 15) is 13.6 Å². The maximum Gasteiger partial charge on any atom is 0.256 e. The smallest absolute Gasteiger partial charge is 0.256 e. The summed E-state index contributed by atoms with van der Waals surface area (Å²) in [5, 5.41) is 0.338. The number of allylic oxidation sites excluding steroid dienone is 1. The number of alkyl halides is 3. The summed E-state index contributed by atoms with van der Waals surface area (Å²) in [5.41, 5.74) is 0.810. The van der Waals surface area contributed by atoms with Gasteiger partial charge in [-0.3, -0.25) is 4.79 Å². The largest absolute Gasteiger partial charge is 0.483 e. The van der Waals surface area contributed by atoms with Gasteiger partial charge in [-0.2, -0.15) is 0 Å². The molecule has 0 bridgehead atoms. The Morgan fingerprint density at radius 3 is 2.83 bits per heavy atom. The van der Waals surface area contributed by atoms with Gasteiger partial charge in [-0.1, -0.05) is 29.0 Å². The van der Waals surface area contributed by atoms with Gasteiger partial charge >= 0.3 is 0 Å². The van der Waals surface area contributed by atoms with Crippen molar-refractivity contribution >= 4 is 57.6 Å². The summed E-state index contributed by atoms with van der Waals surface area (Å²) in [6, 6.07) is 4.98. The van der Waals surface area contributed by atoms with Gasteiger partial charge in [0.05, 0.1) is 10.5 Å². The molecule has 1 unspecified atom stereocenters. The van der Waals surface area contributed by atoms with Crippen LogP contribution in [0.15, 0.2) is 18.2 Å². The molecule has 1 aliphatic heterocycles. The van der Waals surface area contributed by atoms with Gasteiger partial charge in [0, 0.05) is 32.7 Å². The topological polar surface area (TPSA) is 29.5 Å². The van der Waals surface area contributed by atoms with Crippen molar-refractivity contribution in [1.29, 1.82) is 0 Å². The first-order chi connectivity index (χ1) is 10.9. The van der Waals surface area contributed by atoms with Crippen molar-refractivity contribution in [2.24, 2.45) is 0 Å². The number of nitrogens with zero attached hydrogens (tertiary/aromatic N) is 1. The maximum atomic E-state index is 12.8. The minimum Gasteiger partial charge on any atom is -0.483 e. The second-order valence-corrected chi connectivity index (χ2v) is 7.45. The predicted octanol–water partition coefficient (Wildman–Crippen LogP) is 4.48. The number of thioether (sulfide) groups is 1. The molecule has 0 N–H and O–H groups in total. The Labute approximate surface area is 187 Å². The van der Waals surface area contributed by atoms with Gasteiger partial charge in [0.2, 0.25) is 5.91 Å². The van der Waals surface area contributed by atoms with Crippen LogP contribution in [0.5, 0.6) is 5.75 Å². The van der Waals surface area contributed by atoms with E-state index in [1.807, 2.05) is 28.8 Å². The average molecular weight is 562 g/mol. The van der Waals surface area contributed by atoms with E-state index in [-0.39, 0.29) is 38.6 Å². The maximum absolute atomic E-state index is 12.8. The number of ether oxygens (including phenoxy) is 1. The Bertz CT molecular complexity index is 621. The summed E-state index contributed by atoms with van der Waals surface area (Å²) >= 11 is 9.71. The summed E-state index contributed by atoms with van der Waals surface area (Å²) < 4.78 is 30.7. The Kier molecular flexibility index (Phi) is 10.0. The fourth-order valence-electron chi connectivity index (χ4n) is 2.11. The minimum absolute atomic E-state index is 0. The van der Waals surface area contributed by atoms with E-state index in [1.165, 1.54) is 11.8 Å². The SMILES string of the molecule is CSCOc1ccc(C2=[C-]CC(I)C(=O)N2CC(F)F)c(Cl)c1.[Y]. The molecule has 0 saturated heterocycles. The monoisotopic (exact) mass is 561 g/mol. The quantitative estimate of drug-likeness (QED) is 0.222. The first-order valence-corrected chi connectivity index (χ1v) is 9.72. The number of rotatable bonds is 6. The molecule has 0 fully saturated rings. The van der Waals surface area contributed by atoms with Crippen LogP contribution in [-0.4, -0.2) is 39.9 Å². The van der Waals surface area contributed by atoms with Gasteiger partial charge in [-0.25, -0.2) is 14.9 Å². The molecule has 0 spiro atoms. The zero-order valence-electron chi connectivity index (χ0n) is 12.8. The van der Waals surface area contributed by atoms with E-state index in [1.54, 1.807) is 18.2 Å². The van der Waals surface area contributed by atoms with Gasteiger partial charge in [0.1, 0.15) is 11.7 Å². The second kappa shape index (κ2) is 10.6. The van der Waals surface area contributed by atoms with Gasteiger partial charge in [0.15, 0.2) is 0 Å². The molecule has 1 aliphatic rings. The number of halogens is 4. The van der Waals surface area contributed by atoms with Gasteiger partial charge < -0.3 is 9.64 Å². The van der Waals surface area contributed by atoms with Crippen molar-refractivity contribution in [3.05, 3.63) is 34.9 Å². The molecule has 1 radical (unpaired) electrons. The van der Waals surface area contributed by atoms with Crippen molar-refractivity contribution in [1.82, 2.24) is 4.90 Å². The molecule has 9 heteroatoms. The first kappa shape index (κ1) is 22.6. The van der Waals surface area contributed by atoms with E-state index in [0.29, 0.717) is 34.4 Å². The van der Waals surface area contributed by atoms with E-state index in [0.717, 1.165) is 4.90 Å². The van der Waals surface area contributed by atoms with Crippen LogP contribution in [-0.2, 0) is 37.5 Å². The third-order valence-corrected chi connectivity index (χ3v) is 4.75. The van der Waals surface area contributed by atoms with Crippen molar-refractivity contribution in [2.45, 2.75) is 16.8 Å². The number of amides is 1. The number of hydrogen-bond donors (Lipinski definition) is 0. The van der Waals surface area contributed by atoms with Crippen LogP contribution in [0.25, 0.3) is 5.70 Å². The van der Waals surface area contributed by atoms with E-state index < -0.39 is 16.9 Å². The van der Waals surface area contributed by atoms with Crippen LogP contribution in [0.4, 0.5) is 8.78 Å². The summed E-state index contributed by atoms with van der Waals surface area (Å²) in [6.45, 7) is -0.665. The summed E-state index contributed by atoms with van der Waals surface area (Å²) in [4.78, 5) is 13.3. The van der Waals surface area contributed by atoms with Crippen molar-refractivity contribution in [3.63, 3.8) is 0 Å². The van der Waals surface area contributed by atoms with Crippen molar-refractivity contribution in [2.75, 3.05) is 18.7 Å². The Balaban J connectivity index is 0.00000288. The number of benzene rings is 1. The van der Waals surface area contributed by atoms with Crippen LogP contribution in [0.1, 0.15) is 12.0 Å². The van der Waals surface area contributed by atoms with Crippen molar-refractivity contribution in [3.8, 4) is 5.75 Å². The third-order valence-electron chi connectivity index (χ3n) is 3.11. The Hall–Kier alpha value is 0.564. The number of carbonyl (C=O) groups is 1. The number of hydrogen-bond acceptors (Lipinski definition) is 3. The molecule has 1 atom stereocenters. The molecule has 0 aromatic heterocycles. The average Bonchev–Trinajstić information content (AvgIpc) is 2.50. The molecule has 24 heavy (non-hydrogen) atoms. The van der Waals surface area contributed by atoms with Crippen LogP contribution in [0.3, 0.4) is 0 Å². The normalized spacial score (nSPS) is 17.6. The third kappa shape index (κ3) is 5.79. The molecular formula is C15H14ClF2INO2SY-. The standard InChI is InChI=1S/C15H14ClF2INO2S.Y/c1-23-8-22-9-2-3-10(11(16)6-9)13-5-4-12(19)15(21)20(13)7-14(17)18;/h2-3,6,12,14H,4,7-8H2,1H3;/q-1;. The van der Waals surface area contributed by atoms with Gasteiger partial charge in [-0.05, 0) is 23.4 Å². The minimum atomic E-state index is -2.62. The molecule has 2 rings (SSSR count). The fourth-order valence-corrected chi connectivity index (χ4v) is 3.18. The molecule has 3 nitrogen and oxygen atoms in total. The fraction of sp³-hybridized carbons (Fsp3) is 0.400. The van der Waals surface area contributed by atoms with Crippen LogP contribution < -0.4 is 4.74 Å². The van der Waals surface area contributed by atoms with Gasteiger partial charge in [0.25, 0.3) is 6.43 Å².